The van der Waals surface area contributed by atoms with Crippen molar-refractivity contribution < 1.29 is 8.78 Å². The number of nitrogens with two attached hydrogens (primary N) is 1. The van der Waals surface area contributed by atoms with Crippen molar-refractivity contribution >= 4 is 15.9 Å². The highest BCUT2D eigenvalue weighted by Gasteiger charge is 2.26. The van der Waals surface area contributed by atoms with Gasteiger partial charge in [-0.3, -0.25) is 0 Å². The molecule has 1 nitrogen and oxygen atoms in total. The van der Waals surface area contributed by atoms with Crippen LogP contribution < -0.4 is 5.73 Å². The summed E-state index contributed by atoms with van der Waals surface area (Å²) in [4.78, 5) is 0. The van der Waals surface area contributed by atoms with Crippen LogP contribution in [-0.4, -0.2) is 0 Å². The van der Waals surface area contributed by atoms with E-state index in [0.29, 0.717) is 4.47 Å². The monoisotopic (exact) mass is 317 g/mol. The maximum absolute atomic E-state index is 13.9. The highest BCUT2D eigenvalue weighted by atomic mass is 79.9. The molecule has 0 aliphatic heterocycles. The largest absolute Gasteiger partial charge is 0.324 e. The summed E-state index contributed by atoms with van der Waals surface area (Å²) in [6, 6.07) is 2.04. The molecule has 0 amide bonds. The molecule has 1 atom stereocenters. The molecule has 2 rings (SSSR count). The summed E-state index contributed by atoms with van der Waals surface area (Å²) in [6.07, 6.45) is 6.56. The maximum atomic E-state index is 13.9. The van der Waals surface area contributed by atoms with Crippen molar-refractivity contribution in [1.82, 2.24) is 0 Å². The van der Waals surface area contributed by atoms with Gasteiger partial charge >= 0.3 is 0 Å². The first kappa shape index (κ1) is 13.9. The standard InChI is InChI=1S/C14H18BrF2N/c15-10-7-11(16)13(12(17)8-10)14(18)9-5-3-1-2-4-6-9/h7-9,14H,1-6,18H2. The van der Waals surface area contributed by atoms with E-state index < -0.39 is 17.7 Å². The molecule has 1 aromatic rings. The van der Waals surface area contributed by atoms with Gasteiger partial charge in [-0.2, -0.15) is 0 Å². The van der Waals surface area contributed by atoms with Crippen molar-refractivity contribution in [3.05, 3.63) is 33.8 Å². The van der Waals surface area contributed by atoms with Crippen LogP contribution in [-0.2, 0) is 0 Å². The van der Waals surface area contributed by atoms with Gasteiger partial charge in [0, 0.05) is 16.1 Å². The van der Waals surface area contributed by atoms with Crippen LogP contribution in [0.5, 0.6) is 0 Å². The number of hydrogen-bond acceptors (Lipinski definition) is 1. The molecule has 1 aliphatic carbocycles. The molecule has 1 fully saturated rings. The second-order valence-electron chi connectivity index (χ2n) is 5.06. The second kappa shape index (κ2) is 6.11. The molecule has 0 heterocycles. The Morgan fingerprint density at radius 3 is 2.06 bits per heavy atom. The Bertz CT molecular complexity index is 391. The van der Waals surface area contributed by atoms with Crippen molar-refractivity contribution in [3.63, 3.8) is 0 Å². The van der Waals surface area contributed by atoms with Gasteiger partial charge in [-0.1, -0.05) is 41.6 Å². The van der Waals surface area contributed by atoms with Gasteiger partial charge < -0.3 is 5.73 Å². The Balaban J connectivity index is 2.24. The molecule has 0 aromatic heterocycles. The molecule has 0 bridgehead atoms. The molecule has 4 heteroatoms. The number of hydrogen-bond donors (Lipinski definition) is 1. The summed E-state index contributed by atoms with van der Waals surface area (Å²) in [6.45, 7) is 0. The Morgan fingerprint density at radius 1 is 1.06 bits per heavy atom. The van der Waals surface area contributed by atoms with E-state index >= 15 is 0 Å². The summed E-state index contributed by atoms with van der Waals surface area (Å²) >= 11 is 3.08. The minimum atomic E-state index is -0.543. The fourth-order valence-corrected chi connectivity index (χ4v) is 3.18. The van der Waals surface area contributed by atoms with Crippen molar-refractivity contribution in [2.24, 2.45) is 11.7 Å². The van der Waals surface area contributed by atoms with Crippen LogP contribution in [0.25, 0.3) is 0 Å². The smallest absolute Gasteiger partial charge is 0.132 e. The Hall–Kier alpha value is -0.480. The predicted molar refractivity (Wildman–Crippen MR) is 72.2 cm³/mol. The predicted octanol–water partition coefficient (Wildman–Crippen LogP) is 4.70. The lowest BCUT2D eigenvalue weighted by Gasteiger charge is -2.23. The number of halogens is 3. The lowest BCUT2D eigenvalue weighted by molar-refractivity contribution is 0.362. The molecule has 1 unspecified atom stereocenters. The average molecular weight is 318 g/mol. The fraction of sp³-hybridized carbons (Fsp3) is 0.571. The molecule has 1 aliphatic rings. The van der Waals surface area contributed by atoms with Crippen LogP contribution in [0.15, 0.2) is 16.6 Å². The molecular weight excluding hydrogens is 300 g/mol. The zero-order chi connectivity index (χ0) is 13.1. The van der Waals surface area contributed by atoms with E-state index in [9.17, 15) is 8.78 Å². The summed E-state index contributed by atoms with van der Waals surface area (Å²) in [7, 11) is 0. The molecule has 18 heavy (non-hydrogen) atoms. The van der Waals surface area contributed by atoms with Crippen LogP contribution in [0.2, 0.25) is 0 Å². The van der Waals surface area contributed by atoms with Gasteiger partial charge in [-0.05, 0) is 30.9 Å². The van der Waals surface area contributed by atoms with Gasteiger partial charge in [0.15, 0.2) is 0 Å². The van der Waals surface area contributed by atoms with Crippen LogP contribution in [0.4, 0.5) is 8.78 Å². The highest BCUT2D eigenvalue weighted by molar-refractivity contribution is 9.10. The van der Waals surface area contributed by atoms with Gasteiger partial charge in [0.1, 0.15) is 11.6 Å². The zero-order valence-corrected chi connectivity index (χ0v) is 11.8. The van der Waals surface area contributed by atoms with E-state index in [4.69, 9.17) is 5.73 Å². The summed E-state index contributed by atoms with van der Waals surface area (Å²) < 4.78 is 28.1. The van der Waals surface area contributed by atoms with E-state index in [0.717, 1.165) is 25.7 Å². The lowest BCUT2D eigenvalue weighted by atomic mass is 9.87. The van der Waals surface area contributed by atoms with Gasteiger partial charge in [0.05, 0.1) is 0 Å². The zero-order valence-electron chi connectivity index (χ0n) is 10.3. The normalized spacial score (nSPS) is 19.6. The van der Waals surface area contributed by atoms with E-state index in [1.165, 1.54) is 25.0 Å². The highest BCUT2D eigenvalue weighted by Crippen LogP contribution is 2.34. The molecular formula is C14H18BrF2N. The molecule has 0 spiro atoms. The van der Waals surface area contributed by atoms with Crippen LogP contribution in [0, 0.1) is 17.6 Å². The minimum absolute atomic E-state index is 0.0464. The first-order chi connectivity index (χ1) is 8.59. The Labute approximate surface area is 115 Å². The maximum Gasteiger partial charge on any atom is 0.132 e. The number of benzene rings is 1. The molecule has 1 aromatic carbocycles. The molecule has 2 N–H and O–H groups in total. The van der Waals surface area contributed by atoms with Gasteiger partial charge in [0.2, 0.25) is 0 Å². The third-order valence-electron chi connectivity index (χ3n) is 3.78. The first-order valence-corrected chi connectivity index (χ1v) is 7.29. The SMILES string of the molecule is NC(c1c(F)cc(Br)cc1F)C1CCCCCC1. The van der Waals surface area contributed by atoms with Gasteiger partial charge in [-0.25, -0.2) is 8.78 Å². The number of rotatable bonds is 2. The third kappa shape index (κ3) is 3.09. The summed E-state index contributed by atoms with van der Waals surface area (Å²) in [5, 5.41) is 0. The van der Waals surface area contributed by atoms with Crippen LogP contribution in [0.1, 0.15) is 50.1 Å². The van der Waals surface area contributed by atoms with Crippen molar-refractivity contribution in [2.45, 2.75) is 44.6 Å². The van der Waals surface area contributed by atoms with E-state index in [1.807, 2.05) is 0 Å². The van der Waals surface area contributed by atoms with Crippen molar-refractivity contribution in [3.8, 4) is 0 Å². The quantitative estimate of drug-likeness (QED) is 0.786. The van der Waals surface area contributed by atoms with Crippen molar-refractivity contribution in [2.75, 3.05) is 0 Å². The molecule has 100 valence electrons. The first-order valence-electron chi connectivity index (χ1n) is 6.49. The summed E-state index contributed by atoms with van der Waals surface area (Å²) in [5.41, 5.74) is 6.14. The lowest BCUT2D eigenvalue weighted by Crippen LogP contribution is -2.23. The van der Waals surface area contributed by atoms with Crippen LogP contribution in [0.3, 0.4) is 0 Å². The average Bonchev–Trinajstić information content (AvgIpc) is 2.55. The fourth-order valence-electron chi connectivity index (χ4n) is 2.78. The van der Waals surface area contributed by atoms with Gasteiger partial charge in [-0.15, -0.1) is 0 Å². The minimum Gasteiger partial charge on any atom is -0.324 e. The summed E-state index contributed by atoms with van der Waals surface area (Å²) in [5.74, 6) is -0.894. The topological polar surface area (TPSA) is 26.0 Å². The molecule has 0 saturated heterocycles. The molecule has 0 radical (unpaired) electrons. The van der Waals surface area contributed by atoms with E-state index in [-0.39, 0.29) is 11.5 Å². The van der Waals surface area contributed by atoms with Crippen LogP contribution >= 0.6 is 15.9 Å². The Kier molecular flexibility index (Phi) is 4.73. The van der Waals surface area contributed by atoms with E-state index in [2.05, 4.69) is 15.9 Å². The molecule has 1 saturated carbocycles. The van der Waals surface area contributed by atoms with Gasteiger partial charge in [0.25, 0.3) is 0 Å². The Morgan fingerprint density at radius 2 is 1.56 bits per heavy atom. The second-order valence-corrected chi connectivity index (χ2v) is 5.98. The van der Waals surface area contributed by atoms with Crippen molar-refractivity contribution in [1.29, 1.82) is 0 Å². The third-order valence-corrected chi connectivity index (χ3v) is 4.24. The van der Waals surface area contributed by atoms with E-state index in [1.54, 1.807) is 0 Å².